The summed E-state index contributed by atoms with van der Waals surface area (Å²) in [6, 6.07) is 13.3. The highest BCUT2D eigenvalue weighted by molar-refractivity contribution is 8.00. The van der Waals surface area contributed by atoms with Crippen molar-refractivity contribution < 1.29 is 9.90 Å². The molecule has 4 rings (SSSR count). The quantitative estimate of drug-likeness (QED) is 0.377. The third-order valence-electron chi connectivity index (χ3n) is 5.21. The van der Waals surface area contributed by atoms with Crippen molar-refractivity contribution in [2.45, 2.75) is 37.6 Å². The van der Waals surface area contributed by atoms with Crippen molar-refractivity contribution >= 4 is 39.7 Å². The molecule has 2 heterocycles. The lowest BCUT2D eigenvalue weighted by Crippen LogP contribution is -2.25. The summed E-state index contributed by atoms with van der Waals surface area (Å²) in [5.41, 5.74) is 4.29. The van der Waals surface area contributed by atoms with E-state index < -0.39 is 11.2 Å². The van der Waals surface area contributed by atoms with Crippen molar-refractivity contribution in [1.82, 2.24) is 14.5 Å². The summed E-state index contributed by atoms with van der Waals surface area (Å²) in [7, 11) is 0. The Morgan fingerprint density at radius 1 is 1.21 bits per heavy atom. The van der Waals surface area contributed by atoms with Crippen LogP contribution in [0.2, 0.25) is 0 Å². The molecule has 2 aromatic carbocycles. The van der Waals surface area contributed by atoms with Gasteiger partial charge in [-0.25, -0.2) is 4.98 Å². The molecule has 7 heteroatoms. The maximum absolute atomic E-state index is 13.6. The van der Waals surface area contributed by atoms with E-state index in [1.807, 2.05) is 63.2 Å². The van der Waals surface area contributed by atoms with Gasteiger partial charge < -0.3 is 10.1 Å². The van der Waals surface area contributed by atoms with Crippen LogP contribution in [-0.4, -0.2) is 30.9 Å². The first kappa shape index (κ1) is 19.3. The summed E-state index contributed by atoms with van der Waals surface area (Å²) in [6.07, 6.45) is 0.425. The van der Waals surface area contributed by atoms with Gasteiger partial charge in [0.05, 0.1) is 5.69 Å². The van der Waals surface area contributed by atoms with Crippen LogP contribution in [0, 0.1) is 13.8 Å². The van der Waals surface area contributed by atoms with Gasteiger partial charge >= 0.3 is 5.97 Å². The number of hydrogen-bond donors (Lipinski definition) is 2. The van der Waals surface area contributed by atoms with Gasteiger partial charge in [0.15, 0.2) is 5.16 Å². The van der Waals surface area contributed by atoms with Gasteiger partial charge in [-0.1, -0.05) is 49.0 Å². The predicted molar refractivity (Wildman–Crippen MR) is 116 cm³/mol. The smallest absolute Gasteiger partial charge is 0.317 e. The van der Waals surface area contributed by atoms with Crippen LogP contribution < -0.4 is 5.56 Å². The van der Waals surface area contributed by atoms with Crippen molar-refractivity contribution in [2.75, 3.05) is 0 Å². The molecular weight excluding hydrogens is 386 g/mol. The van der Waals surface area contributed by atoms with Crippen LogP contribution in [0.1, 0.15) is 24.5 Å². The van der Waals surface area contributed by atoms with Gasteiger partial charge in [0.2, 0.25) is 0 Å². The summed E-state index contributed by atoms with van der Waals surface area (Å²) in [6.45, 7) is 5.75. The number of thioether (sulfide) groups is 1. The lowest BCUT2D eigenvalue weighted by molar-refractivity contribution is -0.136. The van der Waals surface area contributed by atoms with E-state index in [1.54, 1.807) is 0 Å². The zero-order valence-corrected chi connectivity index (χ0v) is 17.2. The Hall–Kier alpha value is -3.06. The summed E-state index contributed by atoms with van der Waals surface area (Å²) < 4.78 is 1.54. The van der Waals surface area contributed by atoms with E-state index in [0.717, 1.165) is 33.8 Å². The molecule has 0 aliphatic heterocycles. The molecule has 0 saturated heterocycles. The number of nitrogens with zero attached hydrogens (tertiary/aromatic N) is 2. The van der Waals surface area contributed by atoms with E-state index >= 15 is 0 Å². The Kier molecular flexibility index (Phi) is 4.92. The highest BCUT2D eigenvalue weighted by Gasteiger charge is 2.24. The SMILES string of the molecule is CCC(Sc1nc2c([nH]c3ccccc32)c(=O)n1-c1cccc(C)c1C)C(=O)O. The molecule has 1 unspecified atom stereocenters. The Balaban J connectivity index is 2.08. The first-order valence-electron chi connectivity index (χ1n) is 9.42. The second-order valence-electron chi connectivity index (χ2n) is 7.00. The second kappa shape index (κ2) is 7.40. The average Bonchev–Trinajstić information content (AvgIpc) is 3.08. The standard InChI is InChI=1S/C22H21N3O3S/c1-4-17(21(27)28)29-22-24-18-14-9-5-6-10-15(14)23-19(18)20(26)25(22)16-11-7-8-12(2)13(16)3/h5-11,17,23H,4H2,1-3H3,(H,27,28). The molecule has 148 valence electrons. The van der Waals surface area contributed by atoms with Crippen molar-refractivity contribution in [3.63, 3.8) is 0 Å². The Bertz CT molecular complexity index is 1310. The highest BCUT2D eigenvalue weighted by atomic mass is 32.2. The monoisotopic (exact) mass is 407 g/mol. The van der Waals surface area contributed by atoms with Crippen molar-refractivity contribution in [1.29, 1.82) is 0 Å². The van der Waals surface area contributed by atoms with E-state index in [4.69, 9.17) is 4.98 Å². The largest absolute Gasteiger partial charge is 0.480 e. The van der Waals surface area contributed by atoms with Crippen molar-refractivity contribution in [3.8, 4) is 5.69 Å². The summed E-state index contributed by atoms with van der Waals surface area (Å²) in [4.78, 5) is 33.2. The minimum absolute atomic E-state index is 0.234. The Morgan fingerprint density at radius 2 is 1.97 bits per heavy atom. The zero-order chi connectivity index (χ0) is 20.7. The number of carboxylic acid groups (broad SMARTS) is 1. The molecule has 0 aliphatic rings. The molecule has 0 aliphatic carbocycles. The predicted octanol–water partition coefficient (Wildman–Crippen LogP) is 4.44. The number of aliphatic carboxylic acids is 1. The number of para-hydroxylation sites is 1. The van der Waals surface area contributed by atoms with Gasteiger partial charge in [-0.05, 0) is 43.5 Å². The number of H-pyrrole nitrogens is 1. The Morgan fingerprint density at radius 3 is 2.69 bits per heavy atom. The molecule has 0 saturated carbocycles. The average molecular weight is 407 g/mol. The van der Waals surface area contributed by atoms with Crippen LogP contribution in [0.25, 0.3) is 27.6 Å². The fourth-order valence-electron chi connectivity index (χ4n) is 3.45. The van der Waals surface area contributed by atoms with Gasteiger partial charge in [0.1, 0.15) is 16.3 Å². The third-order valence-corrected chi connectivity index (χ3v) is 6.51. The number of aromatic nitrogens is 3. The number of aryl methyl sites for hydroxylation is 1. The van der Waals surface area contributed by atoms with E-state index in [0.29, 0.717) is 28.3 Å². The molecule has 1 atom stereocenters. The van der Waals surface area contributed by atoms with Crippen LogP contribution in [0.3, 0.4) is 0 Å². The van der Waals surface area contributed by atoms with Gasteiger partial charge in [-0.15, -0.1) is 0 Å². The third kappa shape index (κ3) is 3.21. The maximum Gasteiger partial charge on any atom is 0.317 e. The number of hydrogen-bond acceptors (Lipinski definition) is 4. The van der Waals surface area contributed by atoms with Crippen molar-refractivity contribution in [2.24, 2.45) is 0 Å². The second-order valence-corrected chi connectivity index (χ2v) is 8.17. The van der Waals surface area contributed by atoms with Crippen LogP contribution in [0.15, 0.2) is 52.4 Å². The first-order chi connectivity index (χ1) is 13.9. The molecular formula is C22H21N3O3S. The number of carbonyl (C=O) groups is 1. The molecule has 0 bridgehead atoms. The van der Waals surface area contributed by atoms with E-state index in [9.17, 15) is 14.7 Å². The van der Waals surface area contributed by atoms with Crippen LogP contribution in [-0.2, 0) is 4.79 Å². The highest BCUT2D eigenvalue weighted by Crippen LogP contribution is 2.30. The molecule has 6 nitrogen and oxygen atoms in total. The molecule has 29 heavy (non-hydrogen) atoms. The number of rotatable bonds is 5. The minimum Gasteiger partial charge on any atom is -0.480 e. The van der Waals surface area contributed by atoms with Gasteiger partial charge in [-0.2, -0.15) is 0 Å². The number of aromatic amines is 1. The van der Waals surface area contributed by atoms with E-state index in [1.165, 1.54) is 4.57 Å². The van der Waals surface area contributed by atoms with Crippen LogP contribution in [0.5, 0.6) is 0 Å². The van der Waals surface area contributed by atoms with Gasteiger partial charge in [0.25, 0.3) is 5.56 Å². The number of carboxylic acids is 1. The van der Waals surface area contributed by atoms with E-state index in [-0.39, 0.29) is 5.56 Å². The molecule has 2 N–H and O–H groups in total. The lowest BCUT2D eigenvalue weighted by atomic mass is 10.1. The summed E-state index contributed by atoms with van der Waals surface area (Å²) in [5, 5.41) is 10.1. The van der Waals surface area contributed by atoms with E-state index in [2.05, 4.69) is 4.98 Å². The Labute approximate surface area is 171 Å². The number of benzene rings is 2. The van der Waals surface area contributed by atoms with Crippen molar-refractivity contribution in [3.05, 3.63) is 63.9 Å². The molecule has 0 radical (unpaired) electrons. The molecule has 0 amide bonds. The topological polar surface area (TPSA) is 88.0 Å². The van der Waals surface area contributed by atoms with Crippen LogP contribution in [0.4, 0.5) is 0 Å². The zero-order valence-electron chi connectivity index (χ0n) is 16.4. The summed E-state index contributed by atoms with van der Waals surface area (Å²) in [5.74, 6) is -0.918. The number of nitrogens with one attached hydrogen (secondary N) is 1. The molecule has 0 fully saturated rings. The van der Waals surface area contributed by atoms with Gasteiger partial charge in [-0.3, -0.25) is 14.2 Å². The molecule has 2 aromatic heterocycles. The maximum atomic E-state index is 13.6. The first-order valence-corrected chi connectivity index (χ1v) is 10.3. The van der Waals surface area contributed by atoms with Gasteiger partial charge in [0, 0.05) is 10.9 Å². The minimum atomic E-state index is -0.918. The molecule has 0 spiro atoms. The lowest BCUT2D eigenvalue weighted by Gasteiger charge is -2.17. The molecule has 4 aromatic rings. The normalized spacial score (nSPS) is 12.5. The fourth-order valence-corrected chi connectivity index (χ4v) is 4.40. The van der Waals surface area contributed by atoms with Crippen LogP contribution >= 0.6 is 11.8 Å². The fraction of sp³-hybridized carbons (Fsp3) is 0.227. The summed E-state index contributed by atoms with van der Waals surface area (Å²) >= 11 is 1.11. The number of fused-ring (bicyclic) bond motifs is 3.